The van der Waals surface area contributed by atoms with Crippen molar-refractivity contribution in [3.05, 3.63) is 0 Å². The zero-order valence-electron chi connectivity index (χ0n) is 21.3. The first-order chi connectivity index (χ1) is 14.8. The molecule has 0 aromatic carbocycles. The summed E-state index contributed by atoms with van der Waals surface area (Å²) in [6.45, 7) is 12.2. The van der Waals surface area contributed by atoms with Crippen molar-refractivity contribution < 1.29 is 9.59 Å². The van der Waals surface area contributed by atoms with Crippen LogP contribution in [-0.4, -0.2) is 23.3 Å². The highest BCUT2D eigenvalue weighted by molar-refractivity contribution is 6.05. The Kier molecular flexibility index (Phi) is 11.6. The summed E-state index contributed by atoms with van der Waals surface area (Å²) < 4.78 is 0. The van der Waals surface area contributed by atoms with Crippen molar-refractivity contribution in [2.75, 3.05) is 6.54 Å². The highest BCUT2D eigenvalue weighted by Gasteiger charge is 2.49. The molecule has 3 heteroatoms. The Hall–Kier alpha value is -0.860. The molecule has 0 spiro atoms. The molecule has 0 N–H and O–H groups in total. The molecule has 180 valence electrons. The van der Waals surface area contributed by atoms with E-state index in [1.54, 1.807) is 4.90 Å². The van der Waals surface area contributed by atoms with E-state index in [1.165, 1.54) is 57.8 Å². The van der Waals surface area contributed by atoms with Gasteiger partial charge in [0, 0.05) is 6.54 Å². The molecule has 3 nitrogen and oxygen atoms in total. The SMILES string of the molecule is CC(C)CCCCCCN1C(=O)C2CCC(CCCC(C)CCCC(C)C)CC2C1=O. The molecule has 2 amide bonds. The van der Waals surface area contributed by atoms with Crippen molar-refractivity contribution in [1.29, 1.82) is 0 Å². The number of rotatable bonds is 15. The number of imide groups is 1. The maximum atomic E-state index is 13.0. The number of amides is 2. The van der Waals surface area contributed by atoms with Crippen LogP contribution in [0.3, 0.4) is 0 Å². The number of hydrogen-bond donors (Lipinski definition) is 0. The van der Waals surface area contributed by atoms with Crippen molar-refractivity contribution in [1.82, 2.24) is 4.90 Å². The molecule has 31 heavy (non-hydrogen) atoms. The highest BCUT2D eigenvalue weighted by Crippen LogP contribution is 2.42. The van der Waals surface area contributed by atoms with Gasteiger partial charge >= 0.3 is 0 Å². The minimum Gasteiger partial charge on any atom is -0.282 e. The Morgan fingerprint density at radius 2 is 1.32 bits per heavy atom. The van der Waals surface area contributed by atoms with Gasteiger partial charge in [-0.3, -0.25) is 14.5 Å². The lowest BCUT2D eigenvalue weighted by molar-refractivity contribution is -0.140. The van der Waals surface area contributed by atoms with Crippen molar-refractivity contribution in [3.8, 4) is 0 Å². The fourth-order valence-electron chi connectivity index (χ4n) is 5.77. The summed E-state index contributed by atoms with van der Waals surface area (Å²) in [5.41, 5.74) is 0. The largest absolute Gasteiger partial charge is 0.282 e. The summed E-state index contributed by atoms with van der Waals surface area (Å²) in [5, 5.41) is 0. The van der Waals surface area contributed by atoms with Gasteiger partial charge in [-0.15, -0.1) is 0 Å². The minimum absolute atomic E-state index is 0.000326. The van der Waals surface area contributed by atoms with Gasteiger partial charge in [-0.05, 0) is 49.4 Å². The van der Waals surface area contributed by atoms with E-state index >= 15 is 0 Å². The number of carbonyl (C=O) groups excluding carboxylic acids is 2. The second-order valence-electron chi connectivity index (χ2n) is 11.7. The van der Waals surface area contributed by atoms with E-state index in [0.29, 0.717) is 12.5 Å². The Labute approximate surface area is 193 Å². The first kappa shape index (κ1) is 26.4. The summed E-state index contributed by atoms with van der Waals surface area (Å²) in [4.78, 5) is 27.4. The van der Waals surface area contributed by atoms with Crippen LogP contribution in [0, 0.1) is 35.5 Å². The minimum atomic E-state index is -0.00402. The lowest BCUT2D eigenvalue weighted by Gasteiger charge is -2.29. The molecule has 0 aromatic rings. The van der Waals surface area contributed by atoms with Gasteiger partial charge in [0.2, 0.25) is 11.8 Å². The molecule has 4 unspecified atom stereocenters. The Morgan fingerprint density at radius 3 is 2.03 bits per heavy atom. The number of likely N-dealkylation sites (tertiary alicyclic amines) is 1. The topological polar surface area (TPSA) is 37.4 Å². The van der Waals surface area contributed by atoms with E-state index in [4.69, 9.17) is 0 Å². The van der Waals surface area contributed by atoms with Gasteiger partial charge in [0.05, 0.1) is 11.8 Å². The standard InChI is InChI=1S/C28H51NO2/c1-21(2)12-8-6-7-9-19-29-27(30)25-18-17-24(20-26(25)28(29)31)16-11-15-23(5)14-10-13-22(3)4/h21-26H,6-20H2,1-5H3. The lowest BCUT2D eigenvalue weighted by atomic mass is 9.73. The second-order valence-corrected chi connectivity index (χ2v) is 11.7. The molecule has 2 fully saturated rings. The van der Waals surface area contributed by atoms with Crippen molar-refractivity contribution in [3.63, 3.8) is 0 Å². The summed E-state index contributed by atoms with van der Waals surface area (Å²) >= 11 is 0. The number of fused-ring (bicyclic) bond motifs is 1. The third-order valence-electron chi connectivity index (χ3n) is 7.83. The maximum absolute atomic E-state index is 13.0. The smallest absolute Gasteiger partial charge is 0.233 e. The molecule has 1 saturated heterocycles. The van der Waals surface area contributed by atoms with Gasteiger partial charge in [-0.1, -0.05) is 98.8 Å². The van der Waals surface area contributed by atoms with Crippen molar-refractivity contribution >= 4 is 11.8 Å². The van der Waals surface area contributed by atoms with Crippen LogP contribution in [-0.2, 0) is 9.59 Å². The molecule has 2 aliphatic rings. The number of carbonyl (C=O) groups is 2. The lowest BCUT2D eigenvalue weighted by Crippen LogP contribution is -2.32. The van der Waals surface area contributed by atoms with Gasteiger partial charge in [-0.2, -0.15) is 0 Å². The van der Waals surface area contributed by atoms with Crippen LogP contribution < -0.4 is 0 Å². The summed E-state index contributed by atoms with van der Waals surface area (Å²) in [6.07, 6.45) is 16.8. The Morgan fingerprint density at radius 1 is 0.710 bits per heavy atom. The maximum Gasteiger partial charge on any atom is 0.233 e. The van der Waals surface area contributed by atoms with Gasteiger partial charge in [0.1, 0.15) is 0 Å². The van der Waals surface area contributed by atoms with E-state index < -0.39 is 0 Å². The van der Waals surface area contributed by atoms with Gasteiger partial charge < -0.3 is 0 Å². The molecule has 0 radical (unpaired) electrons. The molecule has 1 heterocycles. The van der Waals surface area contributed by atoms with Gasteiger partial charge in [-0.25, -0.2) is 0 Å². The van der Waals surface area contributed by atoms with E-state index in [1.807, 2.05) is 0 Å². The average molecular weight is 434 g/mol. The zero-order valence-corrected chi connectivity index (χ0v) is 21.3. The van der Waals surface area contributed by atoms with Crippen LogP contribution in [0.1, 0.15) is 125 Å². The molecule has 4 atom stereocenters. The molecule has 1 saturated carbocycles. The molecule has 0 aromatic heterocycles. The van der Waals surface area contributed by atoms with Gasteiger partial charge in [0.25, 0.3) is 0 Å². The van der Waals surface area contributed by atoms with Crippen LogP contribution in [0.4, 0.5) is 0 Å². The van der Waals surface area contributed by atoms with Crippen molar-refractivity contribution in [2.45, 2.75) is 125 Å². The van der Waals surface area contributed by atoms with E-state index in [9.17, 15) is 9.59 Å². The third kappa shape index (κ3) is 8.89. The molecular formula is C28H51NO2. The second kappa shape index (κ2) is 13.6. The normalized spacial score (nSPS) is 25.0. The van der Waals surface area contributed by atoms with Crippen molar-refractivity contribution in [2.24, 2.45) is 35.5 Å². The van der Waals surface area contributed by atoms with Crippen LogP contribution in [0.25, 0.3) is 0 Å². The third-order valence-corrected chi connectivity index (χ3v) is 7.83. The van der Waals surface area contributed by atoms with Crippen LogP contribution in [0.5, 0.6) is 0 Å². The fourth-order valence-corrected chi connectivity index (χ4v) is 5.77. The molecular weight excluding hydrogens is 382 g/mol. The monoisotopic (exact) mass is 433 g/mol. The predicted octanol–water partition coefficient (Wildman–Crippen LogP) is 7.63. The van der Waals surface area contributed by atoms with E-state index in [2.05, 4.69) is 34.6 Å². The number of nitrogens with zero attached hydrogens (tertiary/aromatic N) is 1. The molecule has 1 aliphatic heterocycles. The highest BCUT2D eigenvalue weighted by atomic mass is 16.2. The molecule has 2 rings (SSSR count). The first-order valence-corrected chi connectivity index (χ1v) is 13.6. The predicted molar refractivity (Wildman–Crippen MR) is 131 cm³/mol. The summed E-state index contributed by atoms with van der Waals surface area (Å²) in [6, 6.07) is 0. The first-order valence-electron chi connectivity index (χ1n) is 13.6. The number of unbranched alkanes of at least 4 members (excludes halogenated alkanes) is 3. The Bertz CT molecular complexity index is 541. The fraction of sp³-hybridized carbons (Fsp3) is 0.929. The van der Waals surface area contributed by atoms with E-state index in [0.717, 1.165) is 49.9 Å². The zero-order chi connectivity index (χ0) is 22.8. The van der Waals surface area contributed by atoms with E-state index in [-0.39, 0.29) is 23.7 Å². The average Bonchev–Trinajstić information content (AvgIpc) is 2.94. The molecule has 1 aliphatic carbocycles. The summed E-state index contributed by atoms with van der Waals surface area (Å²) in [7, 11) is 0. The summed E-state index contributed by atoms with van der Waals surface area (Å²) in [5.74, 6) is 3.36. The van der Waals surface area contributed by atoms with Gasteiger partial charge in [0.15, 0.2) is 0 Å². The quantitative estimate of drug-likeness (QED) is 0.197. The Balaban J connectivity index is 1.66. The van der Waals surface area contributed by atoms with Crippen LogP contribution in [0.15, 0.2) is 0 Å². The number of hydrogen-bond acceptors (Lipinski definition) is 2. The van der Waals surface area contributed by atoms with Crippen LogP contribution in [0.2, 0.25) is 0 Å². The molecule has 0 bridgehead atoms. The van der Waals surface area contributed by atoms with Crippen LogP contribution >= 0.6 is 0 Å².